The maximum Gasteiger partial charge on any atom is 0.286 e. The lowest BCUT2D eigenvalue weighted by Crippen LogP contribution is -2.39. The summed E-state index contributed by atoms with van der Waals surface area (Å²) in [7, 11) is 1.64. The van der Waals surface area contributed by atoms with E-state index >= 15 is 0 Å². The largest absolute Gasteiger partial charge is 0.385 e. The van der Waals surface area contributed by atoms with Crippen molar-refractivity contribution in [1.29, 1.82) is 0 Å². The molecule has 10 heteroatoms. The Morgan fingerprint density at radius 1 is 1.13 bits per heavy atom. The number of benzene rings is 1. The summed E-state index contributed by atoms with van der Waals surface area (Å²) in [5.41, 5.74) is 0.653. The molecule has 1 saturated heterocycles. The van der Waals surface area contributed by atoms with Gasteiger partial charge in [-0.1, -0.05) is 29.5 Å². The van der Waals surface area contributed by atoms with Crippen LogP contribution in [0.2, 0.25) is 0 Å². The minimum absolute atomic E-state index is 0.0408. The Kier molecular flexibility index (Phi) is 8.48. The second-order valence-corrected chi connectivity index (χ2v) is 8.35. The number of hydrogen-bond donors (Lipinski definition) is 2. The van der Waals surface area contributed by atoms with Crippen molar-refractivity contribution < 1.29 is 19.1 Å². The molecule has 1 aromatic carbocycles. The summed E-state index contributed by atoms with van der Waals surface area (Å²) in [5, 5.41) is 13.8. The number of amides is 3. The molecule has 1 aliphatic rings. The third kappa shape index (κ3) is 6.83. The number of carbonyl (C=O) groups excluding carboxylic acids is 3. The zero-order valence-electron chi connectivity index (χ0n) is 17.5. The molecule has 2 aromatic rings. The summed E-state index contributed by atoms with van der Waals surface area (Å²) in [6.07, 6.45) is 2.79. The van der Waals surface area contributed by atoms with E-state index in [1.165, 1.54) is 0 Å². The van der Waals surface area contributed by atoms with E-state index in [1.54, 1.807) is 24.1 Å². The molecule has 31 heavy (non-hydrogen) atoms. The first-order chi connectivity index (χ1) is 15.1. The summed E-state index contributed by atoms with van der Waals surface area (Å²) in [6.45, 7) is 2.36. The molecule has 0 aliphatic carbocycles. The molecular formula is C21H27N5O4S. The number of anilines is 1. The lowest BCUT2D eigenvalue weighted by Gasteiger charge is -2.31. The lowest BCUT2D eigenvalue weighted by atomic mass is 9.93. The van der Waals surface area contributed by atoms with Crippen molar-refractivity contribution in [3.8, 4) is 0 Å². The van der Waals surface area contributed by atoms with E-state index < -0.39 is 5.91 Å². The van der Waals surface area contributed by atoms with Crippen molar-refractivity contribution >= 4 is 34.7 Å². The van der Waals surface area contributed by atoms with E-state index in [-0.39, 0.29) is 27.7 Å². The Morgan fingerprint density at radius 3 is 2.55 bits per heavy atom. The van der Waals surface area contributed by atoms with E-state index in [0.29, 0.717) is 38.3 Å². The SMILES string of the molecule is COCCCNC(=O)CC1CCN(C(=O)c2nnc(C(=O)Nc3ccccc3)s2)CC1. The molecule has 3 rings (SSSR count). The minimum Gasteiger partial charge on any atom is -0.385 e. The lowest BCUT2D eigenvalue weighted by molar-refractivity contribution is -0.122. The normalized spacial score (nSPS) is 14.3. The molecule has 1 aromatic heterocycles. The summed E-state index contributed by atoms with van der Waals surface area (Å²) in [6, 6.07) is 9.04. The highest BCUT2D eigenvalue weighted by molar-refractivity contribution is 7.15. The zero-order valence-corrected chi connectivity index (χ0v) is 18.3. The topological polar surface area (TPSA) is 114 Å². The smallest absolute Gasteiger partial charge is 0.286 e. The van der Waals surface area contributed by atoms with Crippen LogP contribution in [0.4, 0.5) is 5.69 Å². The highest BCUT2D eigenvalue weighted by Crippen LogP contribution is 2.23. The van der Waals surface area contributed by atoms with Crippen molar-refractivity contribution in [1.82, 2.24) is 20.4 Å². The molecule has 9 nitrogen and oxygen atoms in total. The number of hydrogen-bond acceptors (Lipinski definition) is 7. The van der Waals surface area contributed by atoms with Gasteiger partial charge in [-0.25, -0.2) is 0 Å². The van der Waals surface area contributed by atoms with Gasteiger partial charge in [-0.05, 0) is 37.3 Å². The Balaban J connectivity index is 1.44. The van der Waals surface area contributed by atoms with Gasteiger partial charge >= 0.3 is 0 Å². The average molecular weight is 446 g/mol. The van der Waals surface area contributed by atoms with Gasteiger partial charge in [-0.2, -0.15) is 0 Å². The highest BCUT2D eigenvalue weighted by Gasteiger charge is 2.27. The standard InChI is InChI=1S/C21H27N5O4S/c1-30-13-5-10-22-17(27)14-15-8-11-26(12-9-15)21(29)20-25-24-19(31-20)18(28)23-16-6-3-2-4-7-16/h2-4,6-7,15H,5,8-14H2,1H3,(H,22,27)(H,23,28). The van der Waals surface area contributed by atoms with Crippen molar-refractivity contribution in [2.75, 3.05) is 38.7 Å². The molecule has 0 saturated carbocycles. The second kappa shape index (κ2) is 11.5. The van der Waals surface area contributed by atoms with Gasteiger partial charge in [0.2, 0.25) is 15.9 Å². The fraction of sp³-hybridized carbons (Fsp3) is 0.476. The summed E-state index contributed by atoms with van der Waals surface area (Å²) < 4.78 is 4.97. The Bertz CT molecular complexity index is 881. The number of para-hydroxylation sites is 1. The monoisotopic (exact) mass is 445 g/mol. The van der Waals surface area contributed by atoms with Crippen molar-refractivity contribution in [3.63, 3.8) is 0 Å². The van der Waals surface area contributed by atoms with E-state index in [2.05, 4.69) is 20.8 Å². The van der Waals surface area contributed by atoms with Gasteiger partial charge in [0.1, 0.15) is 0 Å². The molecule has 2 heterocycles. The van der Waals surface area contributed by atoms with Gasteiger partial charge in [0.15, 0.2) is 0 Å². The highest BCUT2D eigenvalue weighted by atomic mass is 32.1. The number of methoxy groups -OCH3 is 1. The van der Waals surface area contributed by atoms with E-state index in [1.807, 2.05) is 18.2 Å². The number of rotatable bonds is 9. The first-order valence-corrected chi connectivity index (χ1v) is 11.1. The molecule has 1 aliphatic heterocycles. The van der Waals surface area contributed by atoms with E-state index in [4.69, 9.17) is 4.74 Å². The van der Waals surface area contributed by atoms with Crippen LogP contribution >= 0.6 is 11.3 Å². The van der Waals surface area contributed by atoms with Crippen LogP contribution in [-0.4, -0.2) is 66.2 Å². The second-order valence-electron chi connectivity index (χ2n) is 7.37. The number of carbonyl (C=O) groups is 3. The van der Waals surface area contributed by atoms with Crippen LogP contribution < -0.4 is 10.6 Å². The van der Waals surface area contributed by atoms with Gasteiger partial charge in [-0.15, -0.1) is 10.2 Å². The molecular weight excluding hydrogens is 418 g/mol. The van der Waals surface area contributed by atoms with Gasteiger partial charge in [0.05, 0.1) is 0 Å². The van der Waals surface area contributed by atoms with Crippen LogP contribution in [0.3, 0.4) is 0 Å². The molecule has 0 unspecified atom stereocenters. The van der Waals surface area contributed by atoms with Crippen LogP contribution in [-0.2, 0) is 9.53 Å². The average Bonchev–Trinajstić information content (AvgIpc) is 3.28. The van der Waals surface area contributed by atoms with Crippen LogP contribution in [0.15, 0.2) is 30.3 Å². The van der Waals surface area contributed by atoms with Crippen LogP contribution in [0.5, 0.6) is 0 Å². The minimum atomic E-state index is -0.391. The zero-order chi connectivity index (χ0) is 22.1. The quantitative estimate of drug-likeness (QED) is 0.572. The van der Waals surface area contributed by atoms with Gasteiger partial charge < -0.3 is 20.3 Å². The molecule has 0 bridgehead atoms. The van der Waals surface area contributed by atoms with Crippen molar-refractivity contribution in [2.24, 2.45) is 5.92 Å². The van der Waals surface area contributed by atoms with Crippen LogP contribution in [0.25, 0.3) is 0 Å². The Labute approximate surface area is 185 Å². The number of aromatic nitrogens is 2. The van der Waals surface area contributed by atoms with Crippen LogP contribution in [0.1, 0.15) is 45.3 Å². The fourth-order valence-corrected chi connectivity index (χ4v) is 4.07. The Hall–Kier alpha value is -2.85. The molecule has 2 N–H and O–H groups in total. The van der Waals surface area contributed by atoms with Crippen molar-refractivity contribution in [3.05, 3.63) is 40.3 Å². The predicted molar refractivity (Wildman–Crippen MR) is 117 cm³/mol. The number of ether oxygens (including phenoxy) is 1. The molecule has 0 atom stereocenters. The summed E-state index contributed by atoms with van der Waals surface area (Å²) in [5.74, 6) is -0.316. The maximum absolute atomic E-state index is 12.7. The summed E-state index contributed by atoms with van der Waals surface area (Å²) in [4.78, 5) is 38.8. The third-order valence-electron chi connectivity index (χ3n) is 5.06. The first-order valence-electron chi connectivity index (χ1n) is 10.3. The number of nitrogens with one attached hydrogen (secondary N) is 2. The molecule has 166 valence electrons. The van der Waals surface area contributed by atoms with Gasteiger partial charge in [0.25, 0.3) is 11.8 Å². The third-order valence-corrected chi connectivity index (χ3v) is 5.97. The van der Waals surface area contributed by atoms with Gasteiger partial charge in [0, 0.05) is 45.5 Å². The number of piperidine rings is 1. The fourth-order valence-electron chi connectivity index (χ4n) is 3.36. The summed E-state index contributed by atoms with van der Waals surface area (Å²) >= 11 is 0.987. The molecule has 0 spiro atoms. The molecule has 1 fully saturated rings. The molecule has 3 amide bonds. The Morgan fingerprint density at radius 2 is 1.84 bits per heavy atom. The maximum atomic E-state index is 12.7. The van der Waals surface area contributed by atoms with Crippen molar-refractivity contribution in [2.45, 2.75) is 25.7 Å². The number of likely N-dealkylation sites (tertiary alicyclic amines) is 1. The number of nitrogens with zero attached hydrogens (tertiary/aromatic N) is 3. The molecule has 0 radical (unpaired) electrons. The predicted octanol–water partition coefficient (Wildman–Crippen LogP) is 2.19. The first kappa shape index (κ1) is 22.8. The van der Waals surface area contributed by atoms with E-state index in [9.17, 15) is 14.4 Å². The van der Waals surface area contributed by atoms with E-state index in [0.717, 1.165) is 30.6 Å². The van der Waals surface area contributed by atoms with Crippen LogP contribution in [0, 0.1) is 5.92 Å². The van der Waals surface area contributed by atoms with Gasteiger partial charge in [-0.3, -0.25) is 14.4 Å².